The quantitative estimate of drug-likeness (QED) is 0.731. The van der Waals surface area contributed by atoms with E-state index >= 15 is 0 Å². The molecule has 0 aliphatic carbocycles. The molecule has 0 bridgehead atoms. The smallest absolute Gasteiger partial charge is 0.410 e. The molecule has 0 saturated carbocycles. The van der Waals surface area contributed by atoms with Gasteiger partial charge in [0, 0.05) is 18.8 Å². The van der Waals surface area contributed by atoms with Crippen molar-refractivity contribution in [1.29, 1.82) is 0 Å². The number of fused-ring (bicyclic) bond motifs is 1. The average molecular weight is 262 g/mol. The van der Waals surface area contributed by atoms with Crippen LogP contribution in [0.25, 0.3) is 0 Å². The van der Waals surface area contributed by atoms with Crippen molar-refractivity contribution in [3.8, 4) is 0 Å². The zero-order valence-corrected chi connectivity index (χ0v) is 12.1. The number of ether oxygens (including phenoxy) is 1. The highest BCUT2D eigenvalue weighted by molar-refractivity contribution is 5.69. The standard InChI is InChI=1S/C15H22N2O2/c1-10-7-12(16)8-11-5-6-17(9-13(10)11)14(18)19-15(2,3)4/h7-8H,5-6,9,16H2,1-4H3. The fraction of sp³-hybridized carbons (Fsp3) is 0.533. The topological polar surface area (TPSA) is 55.6 Å². The summed E-state index contributed by atoms with van der Waals surface area (Å²) in [4.78, 5) is 13.8. The van der Waals surface area contributed by atoms with Gasteiger partial charge in [-0.15, -0.1) is 0 Å². The molecule has 0 saturated heterocycles. The van der Waals surface area contributed by atoms with E-state index in [1.54, 1.807) is 4.90 Å². The SMILES string of the molecule is Cc1cc(N)cc2c1CN(C(=O)OC(C)(C)C)CC2. The number of nitrogens with two attached hydrogens (primary N) is 1. The number of nitrogen functional groups attached to an aromatic ring is 1. The maximum atomic E-state index is 12.1. The third-order valence-electron chi connectivity index (χ3n) is 3.24. The van der Waals surface area contributed by atoms with Crippen LogP contribution in [0.3, 0.4) is 0 Å². The molecular weight excluding hydrogens is 240 g/mol. The lowest BCUT2D eigenvalue weighted by Crippen LogP contribution is -2.40. The second-order valence-electron chi connectivity index (χ2n) is 6.13. The van der Waals surface area contributed by atoms with Gasteiger partial charge in [-0.1, -0.05) is 0 Å². The molecule has 0 unspecified atom stereocenters. The van der Waals surface area contributed by atoms with Gasteiger partial charge in [0.15, 0.2) is 0 Å². The first kappa shape index (κ1) is 13.7. The number of hydrogen-bond acceptors (Lipinski definition) is 3. The summed E-state index contributed by atoms with van der Waals surface area (Å²) in [5, 5.41) is 0. The second kappa shape index (κ2) is 4.76. The number of rotatable bonds is 0. The fourth-order valence-corrected chi connectivity index (χ4v) is 2.38. The van der Waals surface area contributed by atoms with Gasteiger partial charge in [-0.05, 0) is 62.9 Å². The Morgan fingerprint density at radius 1 is 1.37 bits per heavy atom. The van der Waals surface area contributed by atoms with Crippen LogP contribution in [0.5, 0.6) is 0 Å². The number of aryl methyl sites for hydroxylation is 1. The monoisotopic (exact) mass is 262 g/mol. The van der Waals surface area contributed by atoms with Crippen LogP contribution in [0, 0.1) is 6.92 Å². The Morgan fingerprint density at radius 2 is 2.05 bits per heavy atom. The van der Waals surface area contributed by atoms with Crippen molar-refractivity contribution in [2.45, 2.75) is 46.3 Å². The fourth-order valence-electron chi connectivity index (χ4n) is 2.38. The number of carbonyl (C=O) groups is 1. The van der Waals surface area contributed by atoms with Gasteiger partial charge in [0.1, 0.15) is 5.60 Å². The van der Waals surface area contributed by atoms with E-state index in [0.29, 0.717) is 13.1 Å². The molecule has 19 heavy (non-hydrogen) atoms. The number of amides is 1. The van der Waals surface area contributed by atoms with Gasteiger partial charge in [0.05, 0.1) is 0 Å². The lowest BCUT2D eigenvalue weighted by molar-refractivity contribution is 0.0223. The number of nitrogens with zero attached hydrogens (tertiary/aromatic N) is 1. The molecule has 1 aromatic carbocycles. The molecule has 0 aromatic heterocycles. The van der Waals surface area contributed by atoms with Crippen LogP contribution in [0.2, 0.25) is 0 Å². The van der Waals surface area contributed by atoms with Crippen molar-refractivity contribution >= 4 is 11.8 Å². The van der Waals surface area contributed by atoms with E-state index in [-0.39, 0.29) is 6.09 Å². The summed E-state index contributed by atoms with van der Waals surface area (Å²) < 4.78 is 5.42. The van der Waals surface area contributed by atoms with E-state index in [1.807, 2.05) is 39.8 Å². The minimum absolute atomic E-state index is 0.241. The number of carbonyl (C=O) groups excluding carboxylic acids is 1. The molecule has 4 nitrogen and oxygen atoms in total. The first-order chi connectivity index (χ1) is 8.76. The van der Waals surface area contributed by atoms with Crippen molar-refractivity contribution in [2.24, 2.45) is 0 Å². The Kier molecular flexibility index (Phi) is 3.43. The summed E-state index contributed by atoms with van der Waals surface area (Å²) in [5.41, 5.74) is 9.79. The lowest BCUT2D eigenvalue weighted by Gasteiger charge is -2.32. The third-order valence-corrected chi connectivity index (χ3v) is 3.24. The van der Waals surface area contributed by atoms with E-state index < -0.39 is 5.60 Å². The van der Waals surface area contributed by atoms with Crippen LogP contribution in [0.1, 0.15) is 37.5 Å². The molecular formula is C15H22N2O2. The minimum atomic E-state index is -0.451. The molecule has 1 amide bonds. The maximum Gasteiger partial charge on any atom is 0.410 e. The van der Waals surface area contributed by atoms with Crippen molar-refractivity contribution in [3.63, 3.8) is 0 Å². The van der Waals surface area contributed by atoms with Gasteiger partial charge in [0.25, 0.3) is 0 Å². The van der Waals surface area contributed by atoms with Gasteiger partial charge < -0.3 is 15.4 Å². The molecule has 1 aliphatic heterocycles. The molecule has 0 radical (unpaired) electrons. The van der Waals surface area contributed by atoms with E-state index in [9.17, 15) is 4.79 Å². The van der Waals surface area contributed by atoms with Crippen LogP contribution in [0.4, 0.5) is 10.5 Å². The molecule has 0 atom stereocenters. The zero-order chi connectivity index (χ0) is 14.2. The molecule has 4 heteroatoms. The highest BCUT2D eigenvalue weighted by Crippen LogP contribution is 2.26. The Hall–Kier alpha value is -1.71. The Labute approximate surface area is 114 Å². The van der Waals surface area contributed by atoms with Gasteiger partial charge in [0.2, 0.25) is 0 Å². The highest BCUT2D eigenvalue weighted by Gasteiger charge is 2.26. The highest BCUT2D eigenvalue weighted by atomic mass is 16.6. The van der Waals surface area contributed by atoms with Gasteiger partial charge in [-0.2, -0.15) is 0 Å². The van der Waals surface area contributed by atoms with Crippen LogP contribution in [-0.2, 0) is 17.7 Å². The molecule has 0 spiro atoms. The summed E-state index contributed by atoms with van der Waals surface area (Å²) in [6, 6.07) is 3.96. The summed E-state index contributed by atoms with van der Waals surface area (Å²) in [6.45, 7) is 8.98. The van der Waals surface area contributed by atoms with Gasteiger partial charge in [-0.3, -0.25) is 0 Å². The van der Waals surface area contributed by atoms with Gasteiger partial charge in [-0.25, -0.2) is 4.79 Å². The summed E-state index contributed by atoms with van der Waals surface area (Å²) in [5.74, 6) is 0. The van der Waals surface area contributed by atoms with Crippen molar-refractivity contribution in [3.05, 3.63) is 28.8 Å². The van der Waals surface area contributed by atoms with Crippen LogP contribution >= 0.6 is 0 Å². The second-order valence-corrected chi connectivity index (χ2v) is 6.13. The summed E-state index contributed by atoms with van der Waals surface area (Å²) >= 11 is 0. The summed E-state index contributed by atoms with van der Waals surface area (Å²) in [7, 11) is 0. The Morgan fingerprint density at radius 3 is 2.68 bits per heavy atom. The molecule has 0 fully saturated rings. The normalized spacial score (nSPS) is 15.1. The van der Waals surface area contributed by atoms with Crippen molar-refractivity contribution in [2.75, 3.05) is 12.3 Å². The van der Waals surface area contributed by atoms with Crippen LogP contribution < -0.4 is 5.73 Å². The first-order valence-corrected chi connectivity index (χ1v) is 6.62. The van der Waals surface area contributed by atoms with E-state index in [1.165, 1.54) is 11.1 Å². The van der Waals surface area contributed by atoms with Crippen LogP contribution in [0.15, 0.2) is 12.1 Å². The predicted octanol–water partition coefficient (Wildman–Crippen LogP) is 2.87. The number of benzene rings is 1. The third kappa shape index (κ3) is 3.19. The molecule has 1 aromatic rings. The van der Waals surface area contributed by atoms with E-state index in [4.69, 9.17) is 10.5 Å². The zero-order valence-electron chi connectivity index (χ0n) is 12.1. The summed E-state index contributed by atoms with van der Waals surface area (Å²) in [6.07, 6.45) is 0.592. The Balaban J connectivity index is 2.16. The van der Waals surface area contributed by atoms with Crippen molar-refractivity contribution in [1.82, 2.24) is 4.90 Å². The lowest BCUT2D eigenvalue weighted by atomic mass is 9.95. The molecule has 2 N–H and O–H groups in total. The number of anilines is 1. The maximum absolute atomic E-state index is 12.1. The van der Waals surface area contributed by atoms with Gasteiger partial charge >= 0.3 is 6.09 Å². The molecule has 104 valence electrons. The largest absolute Gasteiger partial charge is 0.444 e. The van der Waals surface area contributed by atoms with E-state index in [0.717, 1.165) is 17.7 Å². The van der Waals surface area contributed by atoms with Crippen LogP contribution in [-0.4, -0.2) is 23.1 Å². The molecule has 2 rings (SSSR count). The molecule has 1 aliphatic rings. The first-order valence-electron chi connectivity index (χ1n) is 6.62. The Bertz CT molecular complexity index is 504. The van der Waals surface area contributed by atoms with E-state index in [2.05, 4.69) is 0 Å². The average Bonchev–Trinajstić information content (AvgIpc) is 2.25. The van der Waals surface area contributed by atoms with Crippen molar-refractivity contribution < 1.29 is 9.53 Å². The molecule has 1 heterocycles. The minimum Gasteiger partial charge on any atom is -0.444 e. The number of hydrogen-bond donors (Lipinski definition) is 1. The predicted molar refractivity (Wildman–Crippen MR) is 75.9 cm³/mol.